The molecule has 0 spiro atoms. The van der Waals surface area contributed by atoms with E-state index in [1.54, 1.807) is 0 Å². The Morgan fingerprint density at radius 3 is 2.71 bits per heavy atom. The van der Waals surface area contributed by atoms with Crippen LogP contribution in [0.3, 0.4) is 0 Å². The zero-order valence-corrected chi connectivity index (χ0v) is 10.9. The summed E-state index contributed by atoms with van der Waals surface area (Å²) in [4.78, 5) is 0. The molecule has 1 rings (SSSR count). The lowest BCUT2D eigenvalue weighted by atomic mass is 9.73. The lowest BCUT2D eigenvalue weighted by molar-refractivity contribution is 0.169. The Hall–Kier alpha value is 0.310. The van der Waals surface area contributed by atoms with Gasteiger partial charge in [-0.25, -0.2) is 0 Å². The van der Waals surface area contributed by atoms with Crippen molar-refractivity contribution in [3.05, 3.63) is 0 Å². The third-order valence-electron chi connectivity index (χ3n) is 3.56. The molecule has 1 N–H and O–H groups in total. The molecule has 0 aromatic carbocycles. The highest BCUT2D eigenvalue weighted by atomic mass is 32.2. The van der Waals surface area contributed by atoms with Gasteiger partial charge in [0.2, 0.25) is 0 Å². The zero-order valence-electron chi connectivity index (χ0n) is 10.1. The van der Waals surface area contributed by atoms with Crippen LogP contribution in [0.4, 0.5) is 0 Å². The van der Waals surface area contributed by atoms with Crippen LogP contribution >= 0.6 is 11.8 Å². The van der Waals surface area contributed by atoms with Gasteiger partial charge in [-0.05, 0) is 24.5 Å². The number of rotatable bonds is 4. The molecule has 0 aliphatic heterocycles. The van der Waals surface area contributed by atoms with Crippen LogP contribution in [0.2, 0.25) is 0 Å². The molecule has 14 heavy (non-hydrogen) atoms. The maximum Gasteiger partial charge on any atom is 0.0141 e. The van der Waals surface area contributed by atoms with E-state index in [1.807, 2.05) is 11.8 Å². The predicted octanol–water partition coefficient (Wildman–Crippen LogP) is 3.30. The Balaban J connectivity index is 2.34. The van der Waals surface area contributed by atoms with E-state index in [4.69, 9.17) is 0 Å². The summed E-state index contributed by atoms with van der Waals surface area (Å²) >= 11 is 1.95. The van der Waals surface area contributed by atoms with Crippen molar-refractivity contribution in [1.29, 1.82) is 0 Å². The van der Waals surface area contributed by atoms with E-state index < -0.39 is 0 Å². The highest BCUT2D eigenvalue weighted by Gasteiger charge is 2.31. The normalized spacial score (nSPS) is 28.7. The standard InChI is InChI=1S/C12H25NS/c1-10(14-4)9-13-11-7-5-6-8-12(11,2)3/h10-11,13H,5-9H2,1-4H3. The second-order valence-corrected chi connectivity index (χ2v) is 6.52. The first-order valence-electron chi connectivity index (χ1n) is 5.82. The van der Waals surface area contributed by atoms with E-state index in [2.05, 4.69) is 32.3 Å². The van der Waals surface area contributed by atoms with E-state index in [0.717, 1.165) is 17.8 Å². The number of hydrogen-bond donors (Lipinski definition) is 1. The van der Waals surface area contributed by atoms with E-state index in [-0.39, 0.29) is 0 Å². The fourth-order valence-electron chi connectivity index (χ4n) is 2.26. The Kier molecular flexibility index (Phi) is 4.78. The third-order valence-corrected chi connectivity index (χ3v) is 4.53. The van der Waals surface area contributed by atoms with Crippen LogP contribution in [-0.4, -0.2) is 24.1 Å². The van der Waals surface area contributed by atoms with Crippen molar-refractivity contribution in [2.45, 2.75) is 57.7 Å². The molecule has 0 saturated heterocycles. The average Bonchev–Trinajstić information content (AvgIpc) is 2.15. The first-order chi connectivity index (χ1) is 6.56. The Labute approximate surface area is 93.4 Å². The molecule has 1 nitrogen and oxygen atoms in total. The number of thioether (sulfide) groups is 1. The van der Waals surface area contributed by atoms with E-state index in [1.165, 1.54) is 25.7 Å². The van der Waals surface area contributed by atoms with Crippen molar-refractivity contribution in [3.8, 4) is 0 Å². The molecular formula is C12H25NS. The average molecular weight is 215 g/mol. The van der Waals surface area contributed by atoms with Gasteiger partial charge in [-0.2, -0.15) is 11.8 Å². The SMILES string of the molecule is CSC(C)CNC1CCCCC1(C)C. The van der Waals surface area contributed by atoms with Gasteiger partial charge in [-0.3, -0.25) is 0 Å². The summed E-state index contributed by atoms with van der Waals surface area (Å²) in [6.45, 7) is 8.28. The van der Waals surface area contributed by atoms with Crippen molar-refractivity contribution < 1.29 is 0 Å². The first-order valence-corrected chi connectivity index (χ1v) is 7.11. The summed E-state index contributed by atoms with van der Waals surface area (Å²) in [7, 11) is 0. The molecule has 0 heterocycles. The number of hydrogen-bond acceptors (Lipinski definition) is 2. The maximum atomic E-state index is 3.74. The summed E-state index contributed by atoms with van der Waals surface area (Å²) < 4.78 is 0. The van der Waals surface area contributed by atoms with Gasteiger partial charge in [0.05, 0.1) is 0 Å². The second kappa shape index (κ2) is 5.41. The minimum atomic E-state index is 0.510. The van der Waals surface area contributed by atoms with Crippen molar-refractivity contribution in [2.75, 3.05) is 12.8 Å². The smallest absolute Gasteiger partial charge is 0.0141 e. The van der Waals surface area contributed by atoms with Gasteiger partial charge in [-0.1, -0.05) is 33.6 Å². The second-order valence-electron chi connectivity index (χ2n) is 5.24. The van der Waals surface area contributed by atoms with Crippen molar-refractivity contribution in [2.24, 2.45) is 5.41 Å². The summed E-state index contributed by atoms with van der Waals surface area (Å²) in [5.74, 6) is 0. The summed E-state index contributed by atoms with van der Waals surface area (Å²) in [6, 6.07) is 0.742. The highest BCUT2D eigenvalue weighted by molar-refractivity contribution is 7.99. The van der Waals surface area contributed by atoms with Crippen LogP contribution in [0.15, 0.2) is 0 Å². The molecule has 0 aromatic heterocycles. The van der Waals surface area contributed by atoms with Crippen LogP contribution in [0.5, 0.6) is 0 Å². The lowest BCUT2D eigenvalue weighted by Gasteiger charge is -2.39. The van der Waals surface area contributed by atoms with E-state index >= 15 is 0 Å². The van der Waals surface area contributed by atoms with Crippen LogP contribution in [-0.2, 0) is 0 Å². The van der Waals surface area contributed by atoms with E-state index in [9.17, 15) is 0 Å². The van der Waals surface area contributed by atoms with Crippen LogP contribution in [0.25, 0.3) is 0 Å². The topological polar surface area (TPSA) is 12.0 Å². The van der Waals surface area contributed by atoms with Gasteiger partial charge in [0.25, 0.3) is 0 Å². The molecule has 0 aromatic rings. The lowest BCUT2D eigenvalue weighted by Crippen LogP contribution is -2.45. The molecule has 1 aliphatic rings. The maximum absolute atomic E-state index is 3.74. The third kappa shape index (κ3) is 3.47. The van der Waals surface area contributed by atoms with Crippen LogP contribution < -0.4 is 5.32 Å². The fraction of sp³-hybridized carbons (Fsp3) is 1.00. The van der Waals surface area contributed by atoms with Crippen molar-refractivity contribution in [1.82, 2.24) is 5.32 Å². The molecule has 2 unspecified atom stereocenters. The molecule has 1 saturated carbocycles. The molecule has 1 fully saturated rings. The van der Waals surface area contributed by atoms with Gasteiger partial charge in [0, 0.05) is 17.8 Å². The predicted molar refractivity (Wildman–Crippen MR) is 67.0 cm³/mol. The largest absolute Gasteiger partial charge is 0.312 e. The van der Waals surface area contributed by atoms with Gasteiger partial charge >= 0.3 is 0 Å². The van der Waals surface area contributed by atoms with Gasteiger partial charge in [-0.15, -0.1) is 0 Å². The number of nitrogens with one attached hydrogen (secondary N) is 1. The van der Waals surface area contributed by atoms with E-state index in [0.29, 0.717) is 5.41 Å². The monoisotopic (exact) mass is 215 g/mol. The highest BCUT2D eigenvalue weighted by Crippen LogP contribution is 2.35. The quantitative estimate of drug-likeness (QED) is 0.772. The van der Waals surface area contributed by atoms with Gasteiger partial charge in [0.15, 0.2) is 0 Å². The van der Waals surface area contributed by atoms with Crippen molar-refractivity contribution >= 4 is 11.8 Å². The molecule has 2 atom stereocenters. The molecular weight excluding hydrogens is 190 g/mol. The Morgan fingerprint density at radius 1 is 1.43 bits per heavy atom. The molecule has 2 heteroatoms. The minimum Gasteiger partial charge on any atom is -0.312 e. The molecule has 0 radical (unpaired) electrons. The molecule has 0 bridgehead atoms. The molecule has 1 aliphatic carbocycles. The van der Waals surface area contributed by atoms with Crippen molar-refractivity contribution in [3.63, 3.8) is 0 Å². The zero-order chi connectivity index (χ0) is 10.6. The van der Waals surface area contributed by atoms with Gasteiger partial charge in [0.1, 0.15) is 0 Å². The molecule has 0 amide bonds. The fourth-order valence-corrected chi connectivity index (χ4v) is 2.53. The minimum absolute atomic E-state index is 0.510. The Morgan fingerprint density at radius 2 is 2.14 bits per heavy atom. The molecule has 84 valence electrons. The van der Waals surface area contributed by atoms with Crippen LogP contribution in [0.1, 0.15) is 46.5 Å². The van der Waals surface area contributed by atoms with Crippen LogP contribution in [0, 0.1) is 5.41 Å². The first kappa shape index (κ1) is 12.4. The Bertz CT molecular complexity index is 168. The summed E-state index contributed by atoms with van der Waals surface area (Å²) in [5, 5.41) is 4.48. The van der Waals surface area contributed by atoms with Gasteiger partial charge < -0.3 is 5.32 Å². The summed E-state index contributed by atoms with van der Waals surface area (Å²) in [6.07, 6.45) is 7.78. The summed E-state index contributed by atoms with van der Waals surface area (Å²) in [5.41, 5.74) is 0.510.